The van der Waals surface area contributed by atoms with Crippen molar-refractivity contribution in [2.24, 2.45) is 4.99 Å². The van der Waals surface area contributed by atoms with E-state index < -0.39 is 12.0 Å². The van der Waals surface area contributed by atoms with Crippen molar-refractivity contribution in [3.63, 3.8) is 0 Å². The second kappa shape index (κ2) is 12.0. The van der Waals surface area contributed by atoms with Gasteiger partial charge in [0.05, 0.1) is 37.4 Å². The van der Waals surface area contributed by atoms with Gasteiger partial charge in [0.15, 0.2) is 5.17 Å². The van der Waals surface area contributed by atoms with Gasteiger partial charge in [-0.05, 0) is 41.7 Å². The molecule has 0 unspecified atom stereocenters. The molecule has 0 saturated carbocycles. The molecule has 0 aliphatic carbocycles. The molecule has 0 radical (unpaired) electrons. The van der Waals surface area contributed by atoms with Gasteiger partial charge in [0.25, 0.3) is 0 Å². The molecule has 39 heavy (non-hydrogen) atoms. The summed E-state index contributed by atoms with van der Waals surface area (Å²) >= 11 is 1.44. The van der Waals surface area contributed by atoms with Crippen molar-refractivity contribution in [2.45, 2.75) is 25.9 Å². The molecule has 0 fully saturated rings. The normalized spacial score (nSPS) is 16.3. The Balaban J connectivity index is 1.53. The molecule has 1 amide bonds. The fraction of sp³-hybridized carbons (Fsp3) is 0.200. The summed E-state index contributed by atoms with van der Waals surface area (Å²) in [5.74, 6) is 0.114. The zero-order chi connectivity index (χ0) is 27.2. The number of carbonyl (C=O) groups excluding carboxylic acids is 2. The largest absolute Gasteiger partial charge is 0.497 e. The fourth-order valence-electron chi connectivity index (χ4n) is 4.52. The average Bonchev–Trinajstić information content (AvgIpc) is 3.38. The Kier molecular flexibility index (Phi) is 8.07. The van der Waals surface area contributed by atoms with Gasteiger partial charge < -0.3 is 19.7 Å². The lowest BCUT2D eigenvalue weighted by atomic mass is 9.91. The molecule has 0 saturated heterocycles. The number of fused-ring (bicyclic) bond motifs is 1. The Morgan fingerprint density at radius 3 is 2.54 bits per heavy atom. The van der Waals surface area contributed by atoms with Crippen molar-refractivity contribution in [1.29, 1.82) is 0 Å². The zero-order valence-electron chi connectivity index (χ0n) is 21.7. The quantitative estimate of drug-likeness (QED) is 0.379. The number of carbonyl (C=O) groups is 2. The lowest BCUT2D eigenvalue weighted by molar-refractivity contribution is -0.139. The number of benzene rings is 2. The van der Waals surface area contributed by atoms with E-state index in [1.54, 1.807) is 26.4 Å². The van der Waals surface area contributed by atoms with E-state index in [4.69, 9.17) is 14.5 Å². The number of aromatic nitrogens is 1. The highest BCUT2D eigenvalue weighted by atomic mass is 32.2. The highest BCUT2D eigenvalue weighted by Crippen LogP contribution is 2.47. The van der Waals surface area contributed by atoms with Crippen molar-refractivity contribution in [1.82, 2.24) is 15.2 Å². The van der Waals surface area contributed by atoms with E-state index in [-0.39, 0.29) is 18.9 Å². The van der Waals surface area contributed by atoms with Gasteiger partial charge in [-0.3, -0.25) is 9.78 Å². The first-order chi connectivity index (χ1) is 19.1. The topological polar surface area (TPSA) is 93.1 Å². The number of amidine groups is 1. The monoisotopic (exact) mass is 540 g/mol. The number of esters is 1. The Morgan fingerprint density at radius 2 is 1.85 bits per heavy atom. The maximum atomic E-state index is 13.6. The number of hydrogen-bond acceptors (Lipinski definition) is 8. The number of nitrogens with zero attached hydrogens (tertiary/aromatic N) is 3. The van der Waals surface area contributed by atoms with E-state index in [9.17, 15) is 9.59 Å². The lowest BCUT2D eigenvalue weighted by Gasteiger charge is -2.36. The van der Waals surface area contributed by atoms with E-state index in [0.717, 1.165) is 22.4 Å². The first kappa shape index (κ1) is 26.2. The Morgan fingerprint density at radius 1 is 1.05 bits per heavy atom. The maximum Gasteiger partial charge on any atom is 0.338 e. The predicted molar refractivity (Wildman–Crippen MR) is 151 cm³/mol. The Hall–Kier alpha value is -4.37. The first-order valence-corrected chi connectivity index (χ1v) is 13.5. The fourth-order valence-corrected chi connectivity index (χ4v) is 5.44. The SMILES string of the molecule is CCOC(=O)C1=C(c2ccccc2)N=C2SC=C(CC(=O)NCc3cccnc3)N2[C@@H]1c1ccc(OC)cc1. The molecule has 198 valence electrons. The van der Waals surface area contributed by atoms with Crippen molar-refractivity contribution in [3.05, 3.63) is 112 Å². The number of ether oxygens (including phenoxy) is 2. The molecule has 2 aliphatic rings. The van der Waals surface area contributed by atoms with Crippen LogP contribution in [0.2, 0.25) is 0 Å². The molecule has 1 atom stereocenters. The lowest BCUT2D eigenvalue weighted by Crippen LogP contribution is -2.38. The number of rotatable bonds is 9. The minimum Gasteiger partial charge on any atom is -0.497 e. The van der Waals surface area contributed by atoms with Gasteiger partial charge in [0.1, 0.15) is 5.75 Å². The molecule has 1 N–H and O–H groups in total. The van der Waals surface area contributed by atoms with E-state index >= 15 is 0 Å². The van der Waals surface area contributed by atoms with Gasteiger partial charge in [0.2, 0.25) is 5.91 Å². The van der Waals surface area contributed by atoms with Gasteiger partial charge in [-0.2, -0.15) is 0 Å². The van der Waals surface area contributed by atoms with Crippen LogP contribution in [-0.4, -0.2) is 40.6 Å². The third kappa shape index (κ3) is 5.73. The van der Waals surface area contributed by atoms with Gasteiger partial charge >= 0.3 is 5.97 Å². The summed E-state index contributed by atoms with van der Waals surface area (Å²) < 4.78 is 10.9. The Labute approximate surface area is 231 Å². The second-order valence-electron chi connectivity index (χ2n) is 8.83. The van der Waals surface area contributed by atoms with E-state index in [2.05, 4.69) is 10.3 Å². The van der Waals surface area contributed by atoms with Crippen LogP contribution in [0.3, 0.4) is 0 Å². The van der Waals surface area contributed by atoms with Crippen LogP contribution in [-0.2, 0) is 20.9 Å². The number of hydrogen-bond donors (Lipinski definition) is 1. The van der Waals surface area contributed by atoms with Crippen LogP contribution in [0.5, 0.6) is 5.75 Å². The molecule has 1 aromatic heterocycles. The van der Waals surface area contributed by atoms with Gasteiger partial charge in [-0.1, -0.05) is 60.3 Å². The van der Waals surface area contributed by atoms with E-state index in [0.29, 0.717) is 28.7 Å². The first-order valence-electron chi connectivity index (χ1n) is 12.6. The van der Waals surface area contributed by atoms with Crippen molar-refractivity contribution in [3.8, 4) is 5.75 Å². The standard InChI is InChI=1S/C30H28N4O4S/c1-3-38-29(36)26-27(21-9-5-4-6-10-21)33-30-34(28(26)22-11-13-24(37-2)14-12-22)23(19-39-30)16-25(35)32-18-20-8-7-15-31-17-20/h4-15,17,19,28H,3,16,18H2,1-2H3,(H,32,35)/t28-/m1/s1. The van der Waals surface area contributed by atoms with Crippen LogP contribution in [0.25, 0.3) is 5.70 Å². The number of pyridine rings is 1. The van der Waals surface area contributed by atoms with Crippen LogP contribution >= 0.6 is 11.8 Å². The predicted octanol–water partition coefficient (Wildman–Crippen LogP) is 5.07. The molecule has 5 rings (SSSR count). The number of aliphatic imine (C=N–C) groups is 1. The molecule has 2 aromatic carbocycles. The summed E-state index contributed by atoms with van der Waals surface area (Å²) in [6.45, 7) is 2.39. The number of thioether (sulfide) groups is 1. The molecular formula is C30H28N4O4S. The van der Waals surface area contributed by atoms with Crippen LogP contribution in [0.4, 0.5) is 0 Å². The molecule has 2 aliphatic heterocycles. The second-order valence-corrected chi connectivity index (χ2v) is 9.67. The van der Waals surface area contributed by atoms with E-state index in [1.807, 2.05) is 77.0 Å². The van der Waals surface area contributed by atoms with Crippen LogP contribution in [0.15, 0.2) is 101 Å². The average molecular weight is 541 g/mol. The Bertz CT molecular complexity index is 1440. The molecule has 3 aromatic rings. The molecule has 0 bridgehead atoms. The van der Waals surface area contributed by atoms with Gasteiger partial charge in [-0.25, -0.2) is 9.79 Å². The number of amides is 1. The summed E-state index contributed by atoms with van der Waals surface area (Å²) in [4.78, 5) is 37.6. The minimum absolute atomic E-state index is 0.121. The minimum atomic E-state index is -0.551. The van der Waals surface area contributed by atoms with Gasteiger partial charge in [0, 0.05) is 30.2 Å². The summed E-state index contributed by atoms with van der Waals surface area (Å²) in [5.41, 5.74) is 4.30. The van der Waals surface area contributed by atoms with Crippen molar-refractivity contribution in [2.75, 3.05) is 13.7 Å². The highest BCUT2D eigenvalue weighted by molar-refractivity contribution is 8.16. The maximum absolute atomic E-state index is 13.6. The third-order valence-corrected chi connectivity index (χ3v) is 7.23. The molecule has 8 nitrogen and oxygen atoms in total. The summed E-state index contributed by atoms with van der Waals surface area (Å²) in [5, 5.41) is 5.58. The summed E-state index contributed by atoms with van der Waals surface area (Å²) in [6, 6.07) is 20.4. The number of methoxy groups -OCH3 is 1. The van der Waals surface area contributed by atoms with E-state index in [1.165, 1.54) is 11.8 Å². The summed E-state index contributed by atoms with van der Waals surface area (Å²) in [6.07, 6.45) is 3.54. The molecule has 0 spiro atoms. The van der Waals surface area contributed by atoms with Gasteiger partial charge in [-0.15, -0.1) is 0 Å². The van der Waals surface area contributed by atoms with Crippen molar-refractivity contribution < 1.29 is 19.1 Å². The third-order valence-electron chi connectivity index (χ3n) is 6.34. The molecular weight excluding hydrogens is 512 g/mol. The van der Waals surface area contributed by atoms with Crippen LogP contribution in [0.1, 0.15) is 36.1 Å². The smallest absolute Gasteiger partial charge is 0.338 e. The molecule has 3 heterocycles. The highest BCUT2D eigenvalue weighted by Gasteiger charge is 2.42. The summed E-state index contributed by atoms with van der Waals surface area (Å²) in [7, 11) is 1.61. The molecule has 9 heteroatoms. The van der Waals surface area contributed by atoms with Crippen LogP contribution in [0, 0.1) is 0 Å². The van der Waals surface area contributed by atoms with Crippen LogP contribution < -0.4 is 10.1 Å². The number of nitrogens with one attached hydrogen (secondary N) is 1. The zero-order valence-corrected chi connectivity index (χ0v) is 22.5. The van der Waals surface area contributed by atoms with Crippen molar-refractivity contribution >= 4 is 34.5 Å².